The summed E-state index contributed by atoms with van der Waals surface area (Å²) in [6.07, 6.45) is 12.8. The number of rotatable bonds is 17. The summed E-state index contributed by atoms with van der Waals surface area (Å²) in [6, 6.07) is 14.0. The SMILES string of the molecule is O=C(NCCOC(=NCCOC(=NCCOC(=NCCO[N+](=O)[O-])c1cccnc1)c1cccnc1)c1cccnc1)c1cccnc1. The number of pyridine rings is 4. The molecule has 1 N–H and O–H groups in total. The standard InChI is InChI=1S/C32H33N9O7/c42-29(25-5-1-9-33-21-25)37-13-17-45-30(26-6-2-10-34-22-26)38-14-18-46-31(27-7-3-11-35-23-27)39-15-19-47-32(28-8-4-12-36-24-28)40-16-20-48-41(43)44/h1-12,21-24H,13-20H2,(H,37,42). The van der Waals surface area contributed by atoms with Gasteiger partial charge in [0.25, 0.3) is 11.0 Å². The number of carbonyl (C=O) groups is 1. The van der Waals surface area contributed by atoms with Crippen molar-refractivity contribution in [1.29, 1.82) is 0 Å². The Kier molecular flexibility index (Phi) is 14.4. The van der Waals surface area contributed by atoms with Gasteiger partial charge in [-0.1, -0.05) is 0 Å². The topological polar surface area (TPSA) is 198 Å². The van der Waals surface area contributed by atoms with E-state index in [9.17, 15) is 14.9 Å². The molecule has 48 heavy (non-hydrogen) atoms. The lowest BCUT2D eigenvalue weighted by Crippen LogP contribution is -2.28. The van der Waals surface area contributed by atoms with Gasteiger partial charge in [0, 0.05) is 49.6 Å². The number of nitrogens with one attached hydrogen (secondary N) is 1. The van der Waals surface area contributed by atoms with Crippen LogP contribution in [0.3, 0.4) is 0 Å². The van der Waals surface area contributed by atoms with Gasteiger partial charge in [-0.3, -0.25) is 24.7 Å². The fourth-order valence-corrected chi connectivity index (χ4v) is 3.88. The van der Waals surface area contributed by atoms with Crippen LogP contribution in [-0.4, -0.2) is 101 Å². The molecule has 0 radical (unpaired) electrons. The van der Waals surface area contributed by atoms with Crippen LogP contribution in [0.25, 0.3) is 0 Å². The summed E-state index contributed by atoms with van der Waals surface area (Å²) in [5.74, 6) is 0.683. The number of carbonyl (C=O) groups excluding carboxylic acids is 1. The monoisotopic (exact) mass is 655 g/mol. The first kappa shape index (κ1) is 34.6. The Morgan fingerprint density at radius 1 is 0.625 bits per heavy atom. The Morgan fingerprint density at radius 2 is 1.02 bits per heavy atom. The minimum absolute atomic E-state index is 0.0177. The first-order valence-electron chi connectivity index (χ1n) is 14.8. The minimum Gasteiger partial charge on any atom is -0.476 e. The Balaban J connectivity index is 1.34. The third-order valence-corrected chi connectivity index (χ3v) is 5.99. The number of hydrogen-bond donors (Lipinski definition) is 1. The van der Waals surface area contributed by atoms with Gasteiger partial charge in [0.15, 0.2) is 0 Å². The second-order valence-corrected chi connectivity index (χ2v) is 9.39. The largest absolute Gasteiger partial charge is 0.476 e. The van der Waals surface area contributed by atoms with Crippen molar-refractivity contribution >= 4 is 23.6 Å². The highest BCUT2D eigenvalue weighted by molar-refractivity contribution is 5.95. The van der Waals surface area contributed by atoms with Gasteiger partial charge in [0.05, 0.1) is 48.4 Å². The number of nitrogens with zero attached hydrogens (tertiary/aromatic N) is 8. The van der Waals surface area contributed by atoms with Crippen molar-refractivity contribution in [3.8, 4) is 0 Å². The van der Waals surface area contributed by atoms with Crippen molar-refractivity contribution in [2.45, 2.75) is 0 Å². The molecule has 0 atom stereocenters. The number of aromatic nitrogens is 4. The number of amides is 1. The Morgan fingerprint density at radius 3 is 1.42 bits per heavy atom. The van der Waals surface area contributed by atoms with Gasteiger partial charge in [-0.25, -0.2) is 15.0 Å². The summed E-state index contributed by atoms with van der Waals surface area (Å²) in [4.78, 5) is 56.8. The molecule has 0 saturated carbocycles. The molecule has 0 aliphatic carbocycles. The maximum absolute atomic E-state index is 12.3. The number of aliphatic imine (C=N–C) groups is 3. The minimum atomic E-state index is -0.875. The average Bonchev–Trinajstić information content (AvgIpc) is 3.13. The highest BCUT2D eigenvalue weighted by Gasteiger charge is 2.10. The molecular weight excluding hydrogens is 622 g/mol. The lowest BCUT2D eigenvalue weighted by atomic mass is 10.3. The molecule has 16 nitrogen and oxygen atoms in total. The van der Waals surface area contributed by atoms with Crippen LogP contribution < -0.4 is 5.32 Å². The molecule has 4 heterocycles. The highest BCUT2D eigenvalue weighted by Crippen LogP contribution is 2.06. The molecule has 1 amide bonds. The van der Waals surface area contributed by atoms with Gasteiger partial charge < -0.3 is 24.4 Å². The Labute approximate surface area is 275 Å². The normalized spacial score (nSPS) is 11.8. The van der Waals surface area contributed by atoms with Crippen molar-refractivity contribution < 1.29 is 28.9 Å². The zero-order valence-corrected chi connectivity index (χ0v) is 25.8. The van der Waals surface area contributed by atoms with Crippen LogP contribution in [0.1, 0.15) is 27.0 Å². The van der Waals surface area contributed by atoms with Crippen molar-refractivity contribution in [2.24, 2.45) is 15.0 Å². The molecule has 4 aromatic heterocycles. The van der Waals surface area contributed by atoms with Crippen LogP contribution >= 0.6 is 0 Å². The van der Waals surface area contributed by atoms with E-state index in [0.29, 0.717) is 34.0 Å². The summed E-state index contributed by atoms with van der Waals surface area (Å²) in [7, 11) is 0. The molecule has 0 saturated heterocycles. The molecule has 16 heteroatoms. The maximum atomic E-state index is 12.3. The summed E-state index contributed by atoms with van der Waals surface area (Å²) >= 11 is 0. The zero-order chi connectivity index (χ0) is 33.7. The number of hydrogen-bond acceptors (Lipinski definition) is 14. The maximum Gasteiger partial charge on any atom is 0.294 e. The third-order valence-electron chi connectivity index (χ3n) is 5.99. The van der Waals surface area contributed by atoms with Crippen LogP contribution in [0, 0.1) is 10.1 Å². The van der Waals surface area contributed by atoms with Gasteiger partial charge in [-0.05, 0) is 48.5 Å². The van der Waals surface area contributed by atoms with Crippen LogP contribution in [0.2, 0.25) is 0 Å². The second kappa shape index (κ2) is 19.9. The summed E-state index contributed by atoms with van der Waals surface area (Å²) in [5, 5.41) is 12.4. The molecule has 0 aromatic carbocycles. The smallest absolute Gasteiger partial charge is 0.294 e. The molecule has 4 aromatic rings. The van der Waals surface area contributed by atoms with Crippen LogP contribution in [0.15, 0.2) is 113 Å². The van der Waals surface area contributed by atoms with E-state index in [1.807, 2.05) is 12.1 Å². The van der Waals surface area contributed by atoms with E-state index in [-0.39, 0.29) is 64.4 Å². The van der Waals surface area contributed by atoms with Crippen LogP contribution in [0.4, 0.5) is 0 Å². The second-order valence-electron chi connectivity index (χ2n) is 9.39. The quantitative estimate of drug-likeness (QED) is 0.0577. The van der Waals surface area contributed by atoms with E-state index >= 15 is 0 Å². The highest BCUT2D eigenvalue weighted by atomic mass is 16.9. The lowest BCUT2D eigenvalue weighted by Gasteiger charge is -2.12. The van der Waals surface area contributed by atoms with Crippen molar-refractivity contribution in [3.63, 3.8) is 0 Å². The predicted octanol–water partition coefficient (Wildman–Crippen LogP) is 2.59. The first-order valence-corrected chi connectivity index (χ1v) is 14.8. The summed E-state index contributed by atoms with van der Waals surface area (Å²) in [6.45, 7) is 0.960. The molecule has 0 aliphatic heterocycles. The first-order chi connectivity index (χ1) is 23.6. The van der Waals surface area contributed by atoms with Crippen molar-refractivity contribution in [2.75, 3.05) is 52.6 Å². The van der Waals surface area contributed by atoms with E-state index in [0.717, 1.165) is 0 Å². The molecule has 4 rings (SSSR count). The molecule has 0 fully saturated rings. The Bertz CT molecular complexity index is 1640. The third kappa shape index (κ3) is 12.2. The van der Waals surface area contributed by atoms with E-state index in [1.54, 1.807) is 79.8 Å². The zero-order valence-electron chi connectivity index (χ0n) is 25.8. The van der Waals surface area contributed by atoms with E-state index in [1.165, 1.54) is 6.20 Å². The van der Waals surface area contributed by atoms with Gasteiger partial charge in [-0.15, -0.1) is 10.1 Å². The van der Waals surface area contributed by atoms with Crippen LogP contribution in [-0.2, 0) is 19.0 Å². The number of ether oxygens (including phenoxy) is 3. The fourth-order valence-electron chi connectivity index (χ4n) is 3.88. The molecule has 0 spiro atoms. The molecule has 0 bridgehead atoms. The molecule has 0 unspecified atom stereocenters. The van der Waals surface area contributed by atoms with Gasteiger partial charge >= 0.3 is 0 Å². The van der Waals surface area contributed by atoms with E-state index in [2.05, 4.69) is 45.1 Å². The summed E-state index contributed by atoms with van der Waals surface area (Å²) < 4.78 is 17.8. The van der Waals surface area contributed by atoms with Crippen molar-refractivity contribution in [3.05, 3.63) is 130 Å². The fraction of sp³-hybridized carbons (Fsp3) is 0.250. The molecule has 0 aliphatic rings. The predicted molar refractivity (Wildman–Crippen MR) is 174 cm³/mol. The van der Waals surface area contributed by atoms with Gasteiger partial charge in [0.1, 0.15) is 26.4 Å². The van der Waals surface area contributed by atoms with E-state index in [4.69, 9.17) is 14.2 Å². The van der Waals surface area contributed by atoms with Crippen LogP contribution in [0.5, 0.6) is 0 Å². The molecular formula is C32H33N9O7. The van der Waals surface area contributed by atoms with Crippen molar-refractivity contribution in [1.82, 2.24) is 25.3 Å². The van der Waals surface area contributed by atoms with Gasteiger partial charge in [0.2, 0.25) is 17.7 Å². The Hall–Kier alpha value is -6.32. The summed E-state index contributed by atoms with van der Waals surface area (Å²) in [5.41, 5.74) is 2.39. The van der Waals surface area contributed by atoms with E-state index < -0.39 is 5.09 Å². The molecule has 248 valence electrons. The lowest BCUT2D eigenvalue weighted by molar-refractivity contribution is -0.757. The van der Waals surface area contributed by atoms with Gasteiger partial charge in [-0.2, -0.15) is 0 Å². The average molecular weight is 656 g/mol.